The van der Waals surface area contributed by atoms with E-state index in [2.05, 4.69) is 29.8 Å². The summed E-state index contributed by atoms with van der Waals surface area (Å²) < 4.78 is 10.8. The van der Waals surface area contributed by atoms with E-state index in [0.29, 0.717) is 39.0 Å². The number of anilines is 1. The summed E-state index contributed by atoms with van der Waals surface area (Å²) in [7, 11) is 0. The fourth-order valence-electron chi connectivity index (χ4n) is 7.47. The van der Waals surface area contributed by atoms with Gasteiger partial charge in [-0.1, -0.05) is 41.4 Å². The van der Waals surface area contributed by atoms with Crippen LogP contribution < -0.4 is 16.0 Å². The monoisotopic (exact) mass is 768 g/mol. The van der Waals surface area contributed by atoms with Gasteiger partial charge in [0.15, 0.2) is 11.5 Å². The highest BCUT2D eigenvalue weighted by molar-refractivity contribution is 6.34. The molecule has 2 saturated heterocycles. The van der Waals surface area contributed by atoms with Crippen LogP contribution in [0.3, 0.4) is 0 Å². The maximum absolute atomic E-state index is 13.6. The van der Waals surface area contributed by atoms with E-state index in [1.807, 2.05) is 74.1 Å². The van der Waals surface area contributed by atoms with Gasteiger partial charge in [0.1, 0.15) is 28.5 Å². The number of imidazole rings is 1. The molecule has 2 fully saturated rings. The van der Waals surface area contributed by atoms with Gasteiger partial charge in [-0.2, -0.15) is 0 Å². The van der Waals surface area contributed by atoms with Gasteiger partial charge in [0.05, 0.1) is 39.8 Å². The lowest BCUT2D eigenvalue weighted by molar-refractivity contribution is 0.0221. The smallest absolute Gasteiger partial charge is 0.410 e. The average molecular weight is 770 g/mol. The molecule has 6 aromatic heterocycles. The number of carbonyl (C=O) groups excluding carboxylic acids is 1. The average Bonchev–Trinajstić information content (AvgIpc) is 3.99. The number of fused-ring (bicyclic) bond motifs is 3. The second-order valence-electron chi connectivity index (χ2n) is 14.4. The minimum Gasteiger partial charge on any atom is -0.444 e. The Kier molecular flexibility index (Phi) is 9.18. The number of halogens is 2. The van der Waals surface area contributed by atoms with Crippen molar-refractivity contribution in [3.63, 3.8) is 0 Å². The second kappa shape index (κ2) is 14.0. The number of benzene rings is 1. The molecule has 2 N–H and O–H groups in total. The summed E-state index contributed by atoms with van der Waals surface area (Å²) >= 11 is 12.4. The number of hydrogen-bond donors (Lipinski definition) is 2. The maximum atomic E-state index is 13.6. The van der Waals surface area contributed by atoms with Gasteiger partial charge >= 0.3 is 6.09 Å². The Morgan fingerprint density at radius 3 is 2.33 bits per heavy atom. The summed E-state index contributed by atoms with van der Waals surface area (Å²) in [6.45, 7) is 6.96. The molecule has 7 aromatic rings. The third-order valence-electron chi connectivity index (χ3n) is 9.74. The highest BCUT2D eigenvalue weighted by Crippen LogP contribution is 2.38. The van der Waals surface area contributed by atoms with Gasteiger partial charge < -0.3 is 28.4 Å². The van der Waals surface area contributed by atoms with Crippen LogP contribution in [-0.4, -0.2) is 68.0 Å². The summed E-state index contributed by atoms with van der Waals surface area (Å²) in [6.07, 6.45) is 13.7. The Hall–Kier alpha value is -5.60. The number of aromatic nitrogens is 8. The molecule has 14 nitrogen and oxygen atoms in total. The van der Waals surface area contributed by atoms with Crippen molar-refractivity contribution in [1.82, 2.24) is 43.2 Å². The lowest BCUT2D eigenvalue weighted by Crippen LogP contribution is -2.37. The summed E-state index contributed by atoms with van der Waals surface area (Å²) in [5.74, 6) is 0.794. The van der Waals surface area contributed by atoms with Gasteiger partial charge in [-0.3, -0.25) is 19.1 Å². The van der Waals surface area contributed by atoms with Crippen molar-refractivity contribution < 1.29 is 9.53 Å². The number of para-hydroxylation sites is 1. The van der Waals surface area contributed by atoms with Crippen molar-refractivity contribution in [2.75, 3.05) is 18.0 Å². The van der Waals surface area contributed by atoms with E-state index < -0.39 is 5.60 Å². The molecule has 16 heteroatoms. The van der Waals surface area contributed by atoms with Crippen LogP contribution in [0.2, 0.25) is 10.0 Å². The zero-order valence-corrected chi connectivity index (χ0v) is 31.4. The third kappa shape index (κ3) is 6.49. The first-order chi connectivity index (χ1) is 26.0. The van der Waals surface area contributed by atoms with Crippen LogP contribution in [0.5, 0.6) is 0 Å². The van der Waals surface area contributed by atoms with Crippen LogP contribution in [0.25, 0.3) is 27.9 Å². The van der Waals surface area contributed by atoms with E-state index in [-0.39, 0.29) is 29.3 Å². The molecule has 0 aliphatic carbocycles. The fraction of sp³-hybridized carbons (Fsp3) is 0.316. The van der Waals surface area contributed by atoms with Gasteiger partial charge in [0.2, 0.25) is 0 Å². The first kappa shape index (κ1) is 35.4. The number of amides is 1. The highest BCUT2D eigenvalue weighted by atomic mass is 35.5. The molecule has 2 atom stereocenters. The largest absolute Gasteiger partial charge is 0.444 e. The predicted molar refractivity (Wildman–Crippen MR) is 207 cm³/mol. The Morgan fingerprint density at radius 1 is 0.870 bits per heavy atom. The first-order valence-electron chi connectivity index (χ1n) is 17.8. The van der Waals surface area contributed by atoms with E-state index in [1.54, 1.807) is 38.5 Å². The van der Waals surface area contributed by atoms with Crippen LogP contribution in [0.4, 0.5) is 10.6 Å². The van der Waals surface area contributed by atoms with Crippen LogP contribution in [0.1, 0.15) is 69.9 Å². The molecule has 8 heterocycles. The Balaban J connectivity index is 0.000000161. The number of ether oxygens (including phenoxy) is 1. The zero-order valence-electron chi connectivity index (χ0n) is 29.9. The Bertz CT molecular complexity index is 2620. The van der Waals surface area contributed by atoms with Crippen LogP contribution in [0, 0.1) is 0 Å². The van der Waals surface area contributed by atoms with E-state index in [1.165, 1.54) is 6.33 Å². The lowest BCUT2D eigenvalue weighted by atomic mass is 10.1. The second-order valence-corrected chi connectivity index (χ2v) is 15.2. The molecule has 278 valence electrons. The van der Waals surface area contributed by atoms with Gasteiger partial charge in [-0.25, -0.2) is 19.7 Å². The third-order valence-corrected chi connectivity index (χ3v) is 10.4. The summed E-state index contributed by atoms with van der Waals surface area (Å²) in [6, 6.07) is 12.9. The number of likely N-dealkylation sites (tertiary alicyclic amines) is 1. The van der Waals surface area contributed by atoms with Crippen LogP contribution >= 0.6 is 23.2 Å². The molecule has 1 amide bonds. The molecule has 54 heavy (non-hydrogen) atoms. The van der Waals surface area contributed by atoms with Gasteiger partial charge in [-0.15, -0.1) is 0 Å². The first-order valence-corrected chi connectivity index (χ1v) is 18.5. The normalized spacial score (nSPS) is 17.4. The lowest BCUT2D eigenvalue weighted by Gasteiger charge is -2.28. The number of aromatic amines is 2. The molecule has 1 aromatic carbocycles. The Morgan fingerprint density at radius 2 is 1.57 bits per heavy atom. The van der Waals surface area contributed by atoms with E-state index in [4.69, 9.17) is 27.9 Å². The summed E-state index contributed by atoms with van der Waals surface area (Å²) in [5, 5.41) is 0.854. The molecule has 0 radical (unpaired) electrons. The number of nitrogens with zero attached hydrogens (tertiary/aromatic N) is 8. The van der Waals surface area contributed by atoms with Crippen molar-refractivity contribution in [2.45, 2.75) is 64.1 Å². The number of rotatable bonds is 4. The fourth-order valence-corrected chi connectivity index (χ4v) is 7.94. The maximum Gasteiger partial charge on any atom is 0.410 e. The van der Waals surface area contributed by atoms with Crippen molar-refractivity contribution in [3.05, 3.63) is 122 Å². The highest BCUT2D eigenvalue weighted by Gasteiger charge is 2.35. The van der Waals surface area contributed by atoms with Gasteiger partial charge in [0.25, 0.3) is 11.1 Å². The molecule has 2 aliphatic rings. The van der Waals surface area contributed by atoms with E-state index in [0.717, 1.165) is 54.9 Å². The standard InChI is InChI=1S/C22H18ClN7O.C16H20ClN3O3/c23-15-8-10-28-11-17(30(22(31)19(15)28)14-5-2-1-3-6-14)16-7-4-9-29(16)21-18-20(25-12-24-18)26-13-27-21;1-16(2,3)23-15(22)20-7-4-5-12(20)11-9-19-8-6-10(17)13(19)14(21)18-11/h1-3,5-6,8,10-13,16H,4,7,9H2,(H,24,25,26,27);6,8-9,12H,4-5,7H2,1-3H3,(H,18,21). The molecule has 0 spiro atoms. The number of carbonyl (C=O) groups is 1. The molecule has 0 saturated carbocycles. The molecular formula is C38H38Cl2N10O4. The van der Waals surface area contributed by atoms with Crippen molar-refractivity contribution >= 4 is 57.3 Å². The number of hydrogen-bond acceptors (Lipinski definition) is 8. The molecule has 2 aliphatic heterocycles. The number of nitrogens with one attached hydrogen (secondary N) is 2. The van der Waals surface area contributed by atoms with Crippen LogP contribution in [0.15, 0.2) is 89.5 Å². The molecule has 0 bridgehead atoms. The summed E-state index contributed by atoms with van der Waals surface area (Å²) in [4.78, 5) is 61.2. The SMILES string of the molecule is CC(C)(C)OC(=O)N1CCCC1c1cn2ccc(Cl)c2c(=O)[nH]1.O=c1c2c(Cl)ccn2cc(C2CCCN2c2ncnc3nc[nH]c23)n1-c1ccccc1. The van der Waals surface area contributed by atoms with Gasteiger partial charge in [0, 0.05) is 43.6 Å². The van der Waals surface area contributed by atoms with Crippen LogP contribution in [-0.2, 0) is 4.74 Å². The van der Waals surface area contributed by atoms with Crippen molar-refractivity contribution in [1.29, 1.82) is 0 Å². The molecular weight excluding hydrogens is 731 g/mol. The van der Waals surface area contributed by atoms with E-state index in [9.17, 15) is 14.4 Å². The van der Waals surface area contributed by atoms with Gasteiger partial charge in [-0.05, 0) is 70.7 Å². The predicted octanol–water partition coefficient (Wildman–Crippen LogP) is 7.10. The zero-order chi connectivity index (χ0) is 37.7. The Labute approximate surface area is 319 Å². The summed E-state index contributed by atoms with van der Waals surface area (Å²) in [5.41, 5.74) is 3.76. The van der Waals surface area contributed by atoms with Crippen molar-refractivity contribution in [2.24, 2.45) is 0 Å². The number of H-pyrrole nitrogens is 2. The minimum absolute atomic E-state index is 0.0418. The quantitative estimate of drug-likeness (QED) is 0.192. The van der Waals surface area contributed by atoms with E-state index >= 15 is 0 Å². The molecule has 2 unspecified atom stereocenters. The minimum atomic E-state index is -0.546. The van der Waals surface area contributed by atoms with Crippen molar-refractivity contribution in [3.8, 4) is 5.69 Å². The topological polar surface area (TPSA) is 151 Å². The molecule has 9 rings (SSSR count).